The molecule has 0 aliphatic carbocycles. The Morgan fingerprint density at radius 3 is 2.68 bits per heavy atom. The maximum atomic E-state index is 12.7. The van der Waals surface area contributed by atoms with Crippen molar-refractivity contribution in [1.29, 1.82) is 0 Å². The molecule has 2 atom stereocenters. The highest BCUT2D eigenvalue weighted by Gasteiger charge is 2.41. The van der Waals surface area contributed by atoms with Gasteiger partial charge in [-0.15, -0.1) is 0 Å². The van der Waals surface area contributed by atoms with E-state index >= 15 is 0 Å². The molecule has 9 heteroatoms. The third kappa shape index (κ3) is 4.91. The lowest BCUT2D eigenvalue weighted by Crippen LogP contribution is -2.33. The Kier molecular flexibility index (Phi) is 8.44. The monoisotopic (exact) mass is 428 g/mol. The highest BCUT2D eigenvalue weighted by molar-refractivity contribution is 6.42. The van der Waals surface area contributed by atoms with E-state index in [1.165, 1.54) is 13.3 Å². The standard InChI is InChI=1S/C19H22Cl2N2O5/c1-3-28-18(24)12-9-23-14(10-27-8-7-22)16(19(25)26-2)15(12)11-5-4-6-13(20)17(11)21/h4-6,9,12,15H,3,7-8,10,22H2,1-2H3. The Bertz CT molecular complexity index is 795. The average molecular weight is 429 g/mol. The van der Waals surface area contributed by atoms with E-state index in [0.717, 1.165) is 0 Å². The quantitative estimate of drug-likeness (QED) is 0.504. The highest BCUT2D eigenvalue weighted by Crippen LogP contribution is 2.42. The molecule has 2 unspecified atom stereocenters. The summed E-state index contributed by atoms with van der Waals surface area (Å²) in [4.78, 5) is 29.5. The number of methoxy groups -OCH3 is 1. The van der Waals surface area contributed by atoms with Gasteiger partial charge in [0, 0.05) is 18.7 Å². The number of benzene rings is 1. The van der Waals surface area contributed by atoms with Crippen molar-refractivity contribution < 1.29 is 23.8 Å². The van der Waals surface area contributed by atoms with Crippen LogP contribution in [-0.2, 0) is 23.8 Å². The largest absolute Gasteiger partial charge is 0.466 e. The number of ether oxygens (including phenoxy) is 3. The first kappa shape index (κ1) is 22.4. The minimum absolute atomic E-state index is 0.0301. The van der Waals surface area contributed by atoms with E-state index in [2.05, 4.69) is 4.99 Å². The minimum Gasteiger partial charge on any atom is -0.466 e. The van der Waals surface area contributed by atoms with Crippen LogP contribution in [0.4, 0.5) is 0 Å². The molecule has 2 rings (SSSR count). The van der Waals surface area contributed by atoms with E-state index < -0.39 is 23.8 Å². The topological polar surface area (TPSA) is 100 Å². The van der Waals surface area contributed by atoms with Crippen LogP contribution < -0.4 is 5.73 Å². The van der Waals surface area contributed by atoms with Crippen LogP contribution in [0.15, 0.2) is 34.5 Å². The molecule has 28 heavy (non-hydrogen) atoms. The van der Waals surface area contributed by atoms with E-state index in [0.29, 0.717) is 22.8 Å². The van der Waals surface area contributed by atoms with Crippen molar-refractivity contribution in [3.8, 4) is 0 Å². The molecule has 1 aromatic carbocycles. The molecule has 0 saturated carbocycles. The Labute approximate surface area is 173 Å². The third-order valence-corrected chi connectivity index (χ3v) is 4.99. The van der Waals surface area contributed by atoms with Crippen LogP contribution in [0.5, 0.6) is 0 Å². The van der Waals surface area contributed by atoms with Gasteiger partial charge in [0.1, 0.15) is 5.92 Å². The summed E-state index contributed by atoms with van der Waals surface area (Å²) in [6.45, 7) is 2.52. The van der Waals surface area contributed by atoms with Gasteiger partial charge >= 0.3 is 11.9 Å². The molecule has 0 saturated heterocycles. The smallest absolute Gasteiger partial charge is 0.336 e. The number of rotatable bonds is 8. The molecule has 0 spiro atoms. The molecule has 1 aliphatic rings. The third-order valence-electron chi connectivity index (χ3n) is 4.15. The summed E-state index contributed by atoms with van der Waals surface area (Å²) in [5.74, 6) is -2.83. The number of nitrogens with two attached hydrogens (primary N) is 1. The molecule has 0 bridgehead atoms. The first-order chi connectivity index (χ1) is 13.5. The predicted octanol–water partition coefficient (Wildman–Crippen LogP) is 2.74. The zero-order chi connectivity index (χ0) is 20.7. The van der Waals surface area contributed by atoms with Crippen LogP contribution in [0.25, 0.3) is 0 Å². The summed E-state index contributed by atoms with van der Waals surface area (Å²) < 4.78 is 15.6. The minimum atomic E-state index is -0.872. The normalized spacial score (nSPS) is 18.9. The molecule has 1 aromatic rings. The fraction of sp³-hybridized carbons (Fsp3) is 0.421. The van der Waals surface area contributed by atoms with Crippen molar-refractivity contribution in [1.82, 2.24) is 0 Å². The van der Waals surface area contributed by atoms with E-state index in [-0.39, 0.29) is 30.4 Å². The Balaban J connectivity index is 2.62. The van der Waals surface area contributed by atoms with Crippen LogP contribution in [0, 0.1) is 5.92 Å². The number of hydrogen-bond donors (Lipinski definition) is 1. The van der Waals surface area contributed by atoms with Crippen molar-refractivity contribution in [3.63, 3.8) is 0 Å². The maximum Gasteiger partial charge on any atom is 0.336 e. The zero-order valence-corrected chi connectivity index (χ0v) is 17.1. The number of hydrogen-bond acceptors (Lipinski definition) is 7. The molecule has 0 fully saturated rings. The van der Waals surface area contributed by atoms with Crippen molar-refractivity contribution in [3.05, 3.63) is 45.1 Å². The first-order valence-corrected chi connectivity index (χ1v) is 9.45. The summed E-state index contributed by atoms with van der Waals surface area (Å²) in [5.41, 5.74) is 6.45. The summed E-state index contributed by atoms with van der Waals surface area (Å²) in [6.07, 6.45) is 1.44. The zero-order valence-electron chi connectivity index (χ0n) is 15.6. The molecular weight excluding hydrogens is 407 g/mol. The Morgan fingerprint density at radius 1 is 1.29 bits per heavy atom. The number of esters is 2. The number of nitrogens with zero attached hydrogens (tertiary/aromatic N) is 1. The summed E-state index contributed by atoms with van der Waals surface area (Å²) in [7, 11) is 1.25. The highest BCUT2D eigenvalue weighted by atomic mass is 35.5. The van der Waals surface area contributed by atoms with Gasteiger partial charge in [-0.2, -0.15) is 0 Å². The van der Waals surface area contributed by atoms with Crippen LogP contribution >= 0.6 is 23.2 Å². The maximum absolute atomic E-state index is 12.7. The Morgan fingerprint density at radius 2 is 2.04 bits per heavy atom. The van der Waals surface area contributed by atoms with Gasteiger partial charge in [-0.3, -0.25) is 9.79 Å². The second kappa shape index (κ2) is 10.6. The van der Waals surface area contributed by atoms with Gasteiger partial charge in [0.15, 0.2) is 0 Å². The lowest BCUT2D eigenvalue weighted by atomic mass is 9.78. The van der Waals surface area contributed by atoms with E-state index in [1.807, 2.05) is 0 Å². The van der Waals surface area contributed by atoms with Gasteiger partial charge in [0.2, 0.25) is 0 Å². The molecule has 7 nitrogen and oxygen atoms in total. The van der Waals surface area contributed by atoms with Gasteiger partial charge in [-0.05, 0) is 18.6 Å². The van der Waals surface area contributed by atoms with Crippen molar-refractivity contribution in [2.24, 2.45) is 16.6 Å². The molecule has 1 heterocycles. The summed E-state index contributed by atoms with van der Waals surface area (Å²) >= 11 is 12.6. The number of halogens is 2. The van der Waals surface area contributed by atoms with Gasteiger partial charge in [0.25, 0.3) is 0 Å². The van der Waals surface area contributed by atoms with Crippen molar-refractivity contribution in [2.45, 2.75) is 12.8 Å². The fourth-order valence-electron chi connectivity index (χ4n) is 2.95. The number of carbonyl (C=O) groups is 2. The fourth-order valence-corrected chi connectivity index (χ4v) is 3.38. The molecular formula is C19H22Cl2N2O5. The van der Waals surface area contributed by atoms with E-state index in [9.17, 15) is 9.59 Å². The number of carbonyl (C=O) groups excluding carboxylic acids is 2. The van der Waals surface area contributed by atoms with E-state index in [4.69, 9.17) is 43.1 Å². The molecule has 2 N–H and O–H groups in total. The molecule has 0 amide bonds. The van der Waals surface area contributed by atoms with Crippen molar-refractivity contribution in [2.75, 3.05) is 33.5 Å². The predicted molar refractivity (Wildman–Crippen MR) is 107 cm³/mol. The van der Waals surface area contributed by atoms with Crippen molar-refractivity contribution >= 4 is 41.4 Å². The van der Waals surface area contributed by atoms with E-state index in [1.54, 1.807) is 25.1 Å². The summed E-state index contributed by atoms with van der Waals surface area (Å²) in [5, 5.41) is 0.539. The molecule has 0 aromatic heterocycles. The lowest BCUT2D eigenvalue weighted by molar-refractivity contribution is -0.146. The molecule has 152 valence electrons. The van der Waals surface area contributed by atoms with Crippen LogP contribution in [0.3, 0.4) is 0 Å². The van der Waals surface area contributed by atoms with Gasteiger partial charge in [0.05, 0.1) is 48.2 Å². The van der Waals surface area contributed by atoms with Crippen LogP contribution in [0.1, 0.15) is 18.4 Å². The second-order valence-corrected chi connectivity index (χ2v) is 6.66. The van der Waals surface area contributed by atoms with Gasteiger partial charge in [-0.1, -0.05) is 35.3 Å². The SMILES string of the molecule is CCOC(=O)C1C=NC(COCCN)=C(C(=O)OC)C1c1cccc(Cl)c1Cl. The number of aliphatic imine (C=N–C) groups is 1. The average Bonchev–Trinajstić information content (AvgIpc) is 2.69. The molecule has 0 radical (unpaired) electrons. The van der Waals surface area contributed by atoms with Gasteiger partial charge < -0.3 is 19.9 Å². The molecule has 1 aliphatic heterocycles. The van der Waals surface area contributed by atoms with Crippen LogP contribution in [0.2, 0.25) is 10.0 Å². The van der Waals surface area contributed by atoms with Crippen LogP contribution in [-0.4, -0.2) is 51.6 Å². The van der Waals surface area contributed by atoms with Gasteiger partial charge in [-0.25, -0.2) is 4.79 Å². The lowest BCUT2D eigenvalue weighted by Gasteiger charge is -2.30. The second-order valence-electron chi connectivity index (χ2n) is 5.87. The Hall–Kier alpha value is -1.93. The summed E-state index contributed by atoms with van der Waals surface area (Å²) in [6, 6.07) is 5.01. The first-order valence-electron chi connectivity index (χ1n) is 8.70.